The monoisotopic (exact) mass is 318 g/mol. The number of aryl methyl sites for hydroxylation is 1. The number of hydrogen-bond acceptors (Lipinski definition) is 6. The van der Waals surface area contributed by atoms with Crippen molar-refractivity contribution >= 4 is 11.8 Å². The molecule has 3 rings (SSSR count). The van der Waals surface area contributed by atoms with Gasteiger partial charge in [-0.1, -0.05) is 6.92 Å². The van der Waals surface area contributed by atoms with Gasteiger partial charge in [0.15, 0.2) is 0 Å². The van der Waals surface area contributed by atoms with Gasteiger partial charge >= 0.3 is 0 Å². The molecule has 2 saturated heterocycles. The van der Waals surface area contributed by atoms with Crippen LogP contribution in [0.2, 0.25) is 0 Å². The summed E-state index contributed by atoms with van der Waals surface area (Å²) >= 11 is 0. The zero-order valence-corrected chi connectivity index (χ0v) is 14.6. The van der Waals surface area contributed by atoms with Crippen molar-refractivity contribution in [1.82, 2.24) is 19.8 Å². The lowest BCUT2D eigenvalue weighted by Gasteiger charge is -2.32. The number of aromatic nitrogens is 2. The van der Waals surface area contributed by atoms with Gasteiger partial charge in [0.25, 0.3) is 0 Å². The first kappa shape index (κ1) is 16.5. The molecular formula is C17H30N6. The van der Waals surface area contributed by atoms with Crippen LogP contribution in [-0.4, -0.2) is 79.2 Å². The second-order valence-corrected chi connectivity index (χ2v) is 6.66. The number of rotatable bonds is 6. The topological polar surface area (TPSA) is 47.5 Å². The van der Waals surface area contributed by atoms with E-state index in [0.29, 0.717) is 0 Å². The maximum Gasteiger partial charge on any atom is 0.227 e. The molecule has 0 spiro atoms. The number of piperazine rings is 1. The van der Waals surface area contributed by atoms with Gasteiger partial charge in [0, 0.05) is 64.1 Å². The summed E-state index contributed by atoms with van der Waals surface area (Å²) in [5, 5.41) is 3.51. The molecule has 0 saturated carbocycles. The normalized spacial score (nSPS) is 20.2. The van der Waals surface area contributed by atoms with Crippen molar-refractivity contribution in [1.29, 1.82) is 0 Å². The quantitative estimate of drug-likeness (QED) is 0.853. The molecule has 1 aromatic rings. The highest BCUT2D eigenvalue weighted by Crippen LogP contribution is 2.19. The summed E-state index contributed by atoms with van der Waals surface area (Å²) in [7, 11) is 2.20. The summed E-state index contributed by atoms with van der Waals surface area (Å²) in [6.45, 7) is 11.1. The number of anilines is 2. The van der Waals surface area contributed by atoms with Gasteiger partial charge in [-0.15, -0.1) is 0 Å². The number of hydrogen-bond donors (Lipinski definition) is 1. The van der Waals surface area contributed by atoms with Gasteiger partial charge in [0.2, 0.25) is 5.95 Å². The van der Waals surface area contributed by atoms with Gasteiger partial charge in [0.05, 0.1) is 0 Å². The molecule has 6 heteroatoms. The van der Waals surface area contributed by atoms with Crippen LogP contribution < -0.4 is 10.2 Å². The number of nitrogens with zero attached hydrogens (tertiary/aromatic N) is 5. The molecule has 3 heterocycles. The fourth-order valence-electron chi connectivity index (χ4n) is 3.23. The van der Waals surface area contributed by atoms with Crippen molar-refractivity contribution in [2.75, 3.05) is 69.6 Å². The molecule has 2 aliphatic heterocycles. The van der Waals surface area contributed by atoms with Crippen molar-refractivity contribution in [3.63, 3.8) is 0 Å². The highest BCUT2D eigenvalue weighted by atomic mass is 15.3. The van der Waals surface area contributed by atoms with Crippen molar-refractivity contribution < 1.29 is 0 Å². The van der Waals surface area contributed by atoms with Gasteiger partial charge in [0.1, 0.15) is 5.82 Å². The minimum atomic E-state index is 0.906. The Morgan fingerprint density at radius 3 is 2.48 bits per heavy atom. The lowest BCUT2D eigenvalue weighted by molar-refractivity contribution is 0.158. The Labute approximate surface area is 139 Å². The van der Waals surface area contributed by atoms with Crippen LogP contribution in [0.15, 0.2) is 6.07 Å². The van der Waals surface area contributed by atoms with Crippen molar-refractivity contribution in [3.05, 3.63) is 11.8 Å². The molecule has 0 radical (unpaired) electrons. The Balaban J connectivity index is 1.55. The molecule has 2 fully saturated rings. The van der Waals surface area contributed by atoms with Gasteiger partial charge in [-0.25, -0.2) is 4.98 Å². The Bertz CT molecular complexity index is 492. The number of nitrogens with one attached hydrogen (secondary N) is 1. The SMILES string of the molecule is CCc1cc(NCCN2CCN(C)CC2)nc(N2CCCC2)n1. The fraction of sp³-hybridized carbons (Fsp3) is 0.765. The van der Waals surface area contributed by atoms with Gasteiger partial charge < -0.3 is 15.1 Å². The molecule has 0 aromatic carbocycles. The Morgan fingerprint density at radius 2 is 1.78 bits per heavy atom. The van der Waals surface area contributed by atoms with E-state index in [1.807, 2.05) is 0 Å². The summed E-state index contributed by atoms with van der Waals surface area (Å²) in [5.74, 6) is 1.89. The molecule has 23 heavy (non-hydrogen) atoms. The van der Waals surface area contributed by atoms with Crippen LogP contribution >= 0.6 is 0 Å². The molecule has 1 aromatic heterocycles. The van der Waals surface area contributed by atoms with Gasteiger partial charge in [-0.2, -0.15) is 4.98 Å². The highest BCUT2D eigenvalue weighted by Gasteiger charge is 2.17. The average molecular weight is 318 g/mol. The lowest BCUT2D eigenvalue weighted by Crippen LogP contribution is -2.45. The van der Waals surface area contributed by atoms with Crippen LogP contribution in [0.4, 0.5) is 11.8 Å². The predicted octanol–water partition coefficient (Wildman–Crippen LogP) is 1.30. The Kier molecular flexibility index (Phi) is 5.67. The Hall–Kier alpha value is -1.40. The van der Waals surface area contributed by atoms with Gasteiger partial charge in [-0.05, 0) is 26.3 Å². The average Bonchev–Trinajstić information content (AvgIpc) is 3.11. The highest BCUT2D eigenvalue weighted by molar-refractivity contribution is 5.44. The molecule has 6 nitrogen and oxygen atoms in total. The third kappa shape index (κ3) is 4.54. The molecule has 0 aliphatic carbocycles. The van der Waals surface area contributed by atoms with E-state index in [9.17, 15) is 0 Å². The summed E-state index contributed by atoms with van der Waals surface area (Å²) in [4.78, 5) is 16.7. The smallest absolute Gasteiger partial charge is 0.227 e. The predicted molar refractivity (Wildman–Crippen MR) is 95.3 cm³/mol. The van der Waals surface area contributed by atoms with Crippen LogP contribution in [0.25, 0.3) is 0 Å². The summed E-state index contributed by atoms with van der Waals surface area (Å²) < 4.78 is 0. The van der Waals surface area contributed by atoms with Crippen molar-refractivity contribution in [2.24, 2.45) is 0 Å². The first-order valence-corrected chi connectivity index (χ1v) is 9.02. The third-order valence-electron chi connectivity index (χ3n) is 4.85. The van der Waals surface area contributed by atoms with E-state index in [1.54, 1.807) is 0 Å². The molecular weight excluding hydrogens is 288 g/mol. The molecule has 128 valence electrons. The summed E-state index contributed by atoms with van der Waals surface area (Å²) in [6, 6.07) is 2.10. The minimum absolute atomic E-state index is 0.906. The van der Waals surface area contributed by atoms with E-state index in [-0.39, 0.29) is 0 Å². The molecule has 0 atom stereocenters. The van der Waals surface area contributed by atoms with Crippen molar-refractivity contribution in [3.8, 4) is 0 Å². The van der Waals surface area contributed by atoms with E-state index in [1.165, 1.54) is 39.0 Å². The zero-order valence-electron chi connectivity index (χ0n) is 14.6. The van der Waals surface area contributed by atoms with Crippen LogP contribution in [0.3, 0.4) is 0 Å². The van der Waals surface area contributed by atoms with Crippen LogP contribution in [0.1, 0.15) is 25.5 Å². The largest absolute Gasteiger partial charge is 0.369 e. The van der Waals surface area contributed by atoms with E-state index in [0.717, 1.165) is 50.1 Å². The third-order valence-corrected chi connectivity index (χ3v) is 4.85. The fourth-order valence-corrected chi connectivity index (χ4v) is 3.23. The zero-order chi connectivity index (χ0) is 16.1. The summed E-state index contributed by atoms with van der Waals surface area (Å²) in [6.07, 6.45) is 3.47. The van der Waals surface area contributed by atoms with Crippen molar-refractivity contribution in [2.45, 2.75) is 26.2 Å². The molecule has 0 bridgehead atoms. The molecule has 0 unspecified atom stereocenters. The number of likely N-dealkylation sites (N-methyl/N-ethyl adjacent to an activating group) is 1. The van der Waals surface area contributed by atoms with E-state index >= 15 is 0 Å². The van der Waals surface area contributed by atoms with E-state index in [2.05, 4.69) is 40.1 Å². The van der Waals surface area contributed by atoms with Crippen LogP contribution in [0.5, 0.6) is 0 Å². The molecule has 1 N–H and O–H groups in total. The maximum atomic E-state index is 4.74. The lowest BCUT2D eigenvalue weighted by atomic mass is 10.3. The molecule has 2 aliphatic rings. The van der Waals surface area contributed by atoms with Crippen LogP contribution in [0, 0.1) is 0 Å². The van der Waals surface area contributed by atoms with E-state index < -0.39 is 0 Å². The summed E-state index contributed by atoms with van der Waals surface area (Å²) in [5.41, 5.74) is 1.13. The van der Waals surface area contributed by atoms with Crippen LogP contribution in [-0.2, 0) is 6.42 Å². The minimum Gasteiger partial charge on any atom is -0.369 e. The van der Waals surface area contributed by atoms with Gasteiger partial charge in [-0.3, -0.25) is 4.90 Å². The molecule has 0 amide bonds. The second-order valence-electron chi connectivity index (χ2n) is 6.66. The maximum absolute atomic E-state index is 4.74. The second kappa shape index (κ2) is 7.93. The Morgan fingerprint density at radius 1 is 1.04 bits per heavy atom. The standard InChI is InChI=1S/C17H30N6/c1-3-15-14-16(20-17(19-15)23-7-4-5-8-23)18-6-9-22-12-10-21(2)11-13-22/h14H,3-13H2,1-2H3,(H,18,19,20). The van der Waals surface area contributed by atoms with E-state index in [4.69, 9.17) is 9.97 Å². The first-order chi connectivity index (χ1) is 11.2. The first-order valence-electron chi connectivity index (χ1n) is 9.02.